The maximum absolute atomic E-state index is 12.4. The third kappa shape index (κ3) is 4.17. The van der Waals surface area contributed by atoms with Crippen LogP contribution in [0.5, 0.6) is 0 Å². The van der Waals surface area contributed by atoms with Crippen LogP contribution < -0.4 is 22.4 Å². The number of nitrogens with one attached hydrogen (secondary N) is 1. The number of allylic oxidation sites excluding steroid dienone is 2. The van der Waals surface area contributed by atoms with Crippen LogP contribution >= 0.6 is 15.9 Å². The highest BCUT2D eigenvalue weighted by Gasteiger charge is 2.16. The summed E-state index contributed by atoms with van der Waals surface area (Å²) in [5, 5.41) is 2.59. The van der Waals surface area contributed by atoms with Crippen LogP contribution in [0, 0.1) is 0 Å². The summed E-state index contributed by atoms with van der Waals surface area (Å²) in [4.78, 5) is 49.4. The number of aromatic nitrogens is 3. The van der Waals surface area contributed by atoms with Gasteiger partial charge in [0.25, 0.3) is 0 Å². The zero-order valence-corrected chi connectivity index (χ0v) is 15.4. The Bertz CT molecular complexity index is 967. The Labute approximate surface area is 156 Å². The largest absolute Gasteiger partial charge is 0.337 e. The number of halogens is 1. The second-order valence-corrected chi connectivity index (χ2v) is 6.20. The van der Waals surface area contributed by atoms with Gasteiger partial charge in [0.15, 0.2) is 0 Å². The van der Waals surface area contributed by atoms with Crippen LogP contribution in [-0.2, 0) is 24.4 Å². The summed E-state index contributed by atoms with van der Waals surface area (Å²) in [6.45, 7) is 6.30. The minimum atomic E-state index is -0.869. The third-order valence-electron chi connectivity index (χ3n) is 3.44. The van der Waals surface area contributed by atoms with Gasteiger partial charge in [-0.1, -0.05) is 28.1 Å². The molecule has 0 bridgehead atoms. The zero-order valence-electron chi connectivity index (χ0n) is 13.9. The fraction of sp³-hybridized carbons (Fsp3) is 0.176. The second kappa shape index (κ2) is 8.43. The van der Waals surface area contributed by atoms with E-state index >= 15 is 0 Å². The number of benzene rings is 1. The Hall–Kier alpha value is -2.94. The number of carbonyl (C=O) groups is 1. The van der Waals surface area contributed by atoms with Crippen molar-refractivity contribution in [3.63, 3.8) is 0 Å². The number of hydrogen-bond acceptors (Lipinski definition) is 4. The van der Waals surface area contributed by atoms with Gasteiger partial charge < -0.3 is 5.32 Å². The normalized spacial score (nSPS) is 10.3. The summed E-state index contributed by atoms with van der Waals surface area (Å²) >= 11 is 3.29. The van der Waals surface area contributed by atoms with E-state index < -0.39 is 29.5 Å². The Morgan fingerprint density at radius 1 is 0.923 bits per heavy atom. The Morgan fingerprint density at radius 3 is 1.85 bits per heavy atom. The van der Waals surface area contributed by atoms with Crippen LogP contribution in [0.25, 0.3) is 0 Å². The quantitative estimate of drug-likeness (QED) is 0.674. The van der Waals surface area contributed by atoms with Crippen molar-refractivity contribution in [3.05, 3.63) is 85.5 Å². The fourth-order valence-corrected chi connectivity index (χ4v) is 2.53. The molecule has 0 spiro atoms. The minimum Gasteiger partial charge on any atom is -0.325 e. The molecule has 136 valence electrons. The second-order valence-electron chi connectivity index (χ2n) is 5.29. The van der Waals surface area contributed by atoms with Crippen LogP contribution in [0.15, 0.2) is 68.4 Å². The molecule has 1 aromatic carbocycles. The van der Waals surface area contributed by atoms with E-state index in [1.165, 1.54) is 12.2 Å². The maximum atomic E-state index is 12.4. The highest BCUT2D eigenvalue weighted by atomic mass is 79.9. The molecule has 26 heavy (non-hydrogen) atoms. The lowest BCUT2D eigenvalue weighted by atomic mass is 10.3. The fourth-order valence-electron chi connectivity index (χ4n) is 2.27. The number of hydrogen-bond donors (Lipinski definition) is 1. The van der Waals surface area contributed by atoms with Gasteiger partial charge in [-0.15, -0.1) is 13.2 Å². The molecule has 0 aliphatic carbocycles. The number of carbonyl (C=O) groups excluding carboxylic acids is 1. The van der Waals surface area contributed by atoms with Gasteiger partial charge in [0, 0.05) is 10.2 Å². The maximum Gasteiger partial charge on any atom is 0.337 e. The van der Waals surface area contributed by atoms with Crippen molar-refractivity contribution >= 4 is 27.5 Å². The van der Waals surface area contributed by atoms with Gasteiger partial charge in [0.2, 0.25) is 5.91 Å². The molecule has 8 nitrogen and oxygen atoms in total. The number of nitrogens with zero attached hydrogens (tertiary/aromatic N) is 3. The van der Waals surface area contributed by atoms with Gasteiger partial charge in [-0.2, -0.15) is 0 Å². The lowest BCUT2D eigenvalue weighted by Gasteiger charge is -2.12. The molecule has 1 aromatic heterocycles. The van der Waals surface area contributed by atoms with Gasteiger partial charge >= 0.3 is 17.1 Å². The molecule has 0 fully saturated rings. The summed E-state index contributed by atoms with van der Waals surface area (Å²) < 4.78 is 3.23. The molecular formula is C17H17BrN4O4. The first kappa shape index (κ1) is 19.4. The third-order valence-corrected chi connectivity index (χ3v) is 3.97. The van der Waals surface area contributed by atoms with E-state index in [0.29, 0.717) is 10.3 Å². The minimum absolute atomic E-state index is 0.0799. The average molecular weight is 421 g/mol. The summed E-state index contributed by atoms with van der Waals surface area (Å²) in [6.07, 6.45) is 2.72. The highest BCUT2D eigenvalue weighted by molar-refractivity contribution is 9.10. The highest BCUT2D eigenvalue weighted by Crippen LogP contribution is 2.13. The van der Waals surface area contributed by atoms with E-state index in [1.807, 2.05) is 0 Å². The predicted molar refractivity (Wildman–Crippen MR) is 102 cm³/mol. The van der Waals surface area contributed by atoms with Crippen molar-refractivity contribution in [1.29, 1.82) is 0 Å². The smallest absolute Gasteiger partial charge is 0.325 e. The van der Waals surface area contributed by atoms with E-state index in [-0.39, 0.29) is 13.1 Å². The van der Waals surface area contributed by atoms with Gasteiger partial charge in [-0.3, -0.25) is 4.79 Å². The first-order valence-electron chi connectivity index (χ1n) is 7.60. The van der Waals surface area contributed by atoms with Crippen molar-refractivity contribution in [3.8, 4) is 0 Å². The van der Waals surface area contributed by atoms with E-state index in [1.54, 1.807) is 24.3 Å². The first-order valence-corrected chi connectivity index (χ1v) is 8.40. The zero-order chi connectivity index (χ0) is 19.3. The summed E-state index contributed by atoms with van der Waals surface area (Å²) in [6, 6.07) is 6.81. The molecular weight excluding hydrogens is 404 g/mol. The Morgan fingerprint density at radius 2 is 1.38 bits per heavy atom. The molecule has 0 atom stereocenters. The Kier molecular flexibility index (Phi) is 6.29. The van der Waals surface area contributed by atoms with E-state index in [9.17, 15) is 19.2 Å². The van der Waals surface area contributed by atoms with Gasteiger partial charge in [0.05, 0.1) is 13.1 Å². The molecule has 9 heteroatoms. The lowest BCUT2D eigenvalue weighted by molar-refractivity contribution is -0.116. The van der Waals surface area contributed by atoms with Crippen molar-refractivity contribution in [1.82, 2.24) is 13.7 Å². The van der Waals surface area contributed by atoms with Crippen LogP contribution in [0.2, 0.25) is 0 Å². The van der Waals surface area contributed by atoms with Crippen LogP contribution in [0.1, 0.15) is 0 Å². The topological polar surface area (TPSA) is 95.1 Å². The predicted octanol–water partition coefficient (Wildman–Crippen LogP) is 0.945. The van der Waals surface area contributed by atoms with Crippen molar-refractivity contribution in [2.45, 2.75) is 19.6 Å². The van der Waals surface area contributed by atoms with E-state index in [2.05, 4.69) is 34.4 Å². The Balaban J connectivity index is 2.42. The van der Waals surface area contributed by atoms with Crippen LogP contribution in [0.4, 0.5) is 5.69 Å². The molecule has 2 rings (SSSR count). The van der Waals surface area contributed by atoms with Crippen LogP contribution in [0.3, 0.4) is 0 Å². The van der Waals surface area contributed by atoms with E-state index in [0.717, 1.165) is 13.6 Å². The number of rotatable bonds is 7. The molecule has 0 aliphatic rings. The van der Waals surface area contributed by atoms with Gasteiger partial charge in [0.1, 0.15) is 6.54 Å². The SMILES string of the molecule is C=CCn1c(=O)n(CC=C)c(=O)n(CC(=O)Nc2ccc(Br)cc2)c1=O. The molecule has 0 radical (unpaired) electrons. The molecule has 1 heterocycles. The molecule has 0 saturated carbocycles. The number of anilines is 1. The summed E-state index contributed by atoms with van der Waals surface area (Å²) in [5.41, 5.74) is -2.00. The summed E-state index contributed by atoms with van der Waals surface area (Å²) in [7, 11) is 0. The standard InChI is InChI=1S/C17H17BrN4O4/c1-3-9-20-15(24)21(10-4-2)17(26)22(16(20)25)11-14(23)19-13-7-5-12(18)6-8-13/h3-8H,1-2,9-11H2,(H,19,23). The number of amides is 1. The summed E-state index contributed by atoms with van der Waals surface area (Å²) in [5.74, 6) is -0.569. The van der Waals surface area contributed by atoms with Gasteiger partial charge in [-0.05, 0) is 24.3 Å². The molecule has 0 aliphatic heterocycles. The molecule has 1 amide bonds. The molecule has 1 N–H and O–H groups in total. The van der Waals surface area contributed by atoms with Crippen LogP contribution in [-0.4, -0.2) is 19.6 Å². The molecule has 0 unspecified atom stereocenters. The first-order chi connectivity index (χ1) is 12.4. The average Bonchev–Trinajstić information content (AvgIpc) is 2.61. The van der Waals surface area contributed by atoms with Crippen molar-refractivity contribution in [2.75, 3.05) is 5.32 Å². The van der Waals surface area contributed by atoms with Crippen molar-refractivity contribution < 1.29 is 4.79 Å². The van der Waals surface area contributed by atoms with Gasteiger partial charge in [-0.25, -0.2) is 28.1 Å². The lowest BCUT2D eigenvalue weighted by Crippen LogP contribution is -2.55. The molecule has 0 saturated heterocycles. The monoisotopic (exact) mass is 420 g/mol. The van der Waals surface area contributed by atoms with Crippen molar-refractivity contribution in [2.24, 2.45) is 0 Å². The van der Waals surface area contributed by atoms with E-state index in [4.69, 9.17) is 0 Å². The molecule has 2 aromatic rings.